The summed E-state index contributed by atoms with van der Waals surface area (Å²) in [6.45, 7) is 0.808. The maximum atomic E-state index is 8.70. The molecule has 0 amide bonds. The molecule has 0 saturated heterocycles. The van der Waals surface area contributed by atoms with E-state index in [0.29, 0.717) is 11.7 Å². The monoisotopic (exact) mass is 242 g/mol. The van der Waals surface area contributed by atoms with E-state index in [2.05, 4.69) is 34.4 Å². The number of amidine groups is 1. The van der Waals surface area contributed by atoms with Gasteiger partial charge in [0.15, 0.2) is 5.82 Å². The fraction of sp³-hybridized carbons (Fsp3) is 0.231. The number of fused-ring (bicyclic) bond motifs is 1. The molecule has 0 fully saturated rings. The molecule has 1 heterocycles. The molecule has 92 valence electrons. The van der Waals surface area contributed by atoms with Crippen molar-refractivity contribution in [1.29, 1.82) is 0 Å². The van der Waals surface area contributed by atoms with Crippen LogP contribution in [0.2, 0.25) is 0 Å². The molecule has 2 aromatic rings. The Morgan fingerprint density at radius 1 is 1.50 bits per heavy atom. The van der Waals surface area contributed by atoms with E-state index in [1.807, 2.05) is 10.8 Å². The smallest absolute Gasteiger partial charge is 0.206 e. The maximum Gasteiger partial charge on any atom is 0.206 e. The van der Waals surface area contributed by atoms with Crippen LogP contribution in [0.3, 0.4) is 0 Å². The van der Waals surface area contributed by atoms with Gasteiger partial charge in [0.25, 0.3) is 0 Å². The molecular weight excluding hydrogens is 228 g/mol. The van der Waals surface area contributed by atoms with Crippen molar-refractivity contribution < 1.29 is 5.21 Å². The van der Waals surface area contributed by atoms with E-state index < -0.39 is 0 Å². The van der Waals surface area contributed by atoms with Crippen LogP contribution in [0.25, 0.3) is 0 Å². The van der Waals surface area contributed by atoms with Crippen molar-refractivity contribution in [2.75, 3.05) is 0 Å². The van der Waals surface area contributed by atoms with Gasteiger partial charge >= 0.3 is 0 Å². The first-order valence-corrected chi connectivity index (χ1v) is 5.86. The van der Waals surface area contributed by atoms with Crippen molar-refractivity contribution in [2.24, 2.45) is 10.9 Å². The van der Waals surface area contributed by atoms with Gasteiger partial charge in [-0.25, -0.2) is 4.98 Å². The van der Waals surface area contributed by atoms with Crippen molar-refractivity contribution in [2.45, 2.75) is 18.9 Å². The van der Waals surface area contributed by atoms with E-state index in [9.17, 15) is 0 Å². The van der Waals surface area contributed by atoms with Gasteiger partial charge in [0.05, 0.1) is 0 Å². The van der Waals surface area contributed by atoms with E-state index in [1.165, 1.54) is 11.1 Å². The Morgan fingerprint density at radius 3 is 3.11 bits per heavy atom. The zero-order valence-corrected chi connectivity index (χ0v) is 9.82. The molecule has 0 spiro atoms. The van der Waals surface area contributed by atoms with Crippen molar-refractivity contribution >= 4 is 5.84 Å². The third-order valence-electron chi connectivity index (χ3n) is 3.43. The van der Waals surface area contributed by atoms with Gasteiger partial charge in [-0.05, 0) is 17.5 Å². The minimum atomic E-state index is 0.0487. The molecule has 3 N–H and O–H groups in total. The van der Waals surface area contributed by atoms with Gasteiger partial charge in [-0.3, -0.25) is 0 Å². The highest BCUT2D eigenvalue weighted by Gasteiger charge is 2.26. The Balaban J connectivity index is 1.82. The first kappa shape index (κ1) is 10.8. The zero-order chi connectivity index (χ0) is 12.5. The molecule has 1 aromatic carbocycles. The Morgan fingerprint density at radius 2 is 2.33 bits per heavy atom. The largest absolute Gasteiger partial charge is 0.409 e. The van der Waals surface area contributed by atoms with Crippen LogP contribution in [0.4, 0.5) is 0 Å². The number of oxime groups is 1. The zero-order valence-electron chi connectivity index (χ0n) is 9.82. The molecule has 5 heteroatoms. The summed E-state index contributed by atoms with van der Waals surface area (Å²) in [5, 5.41) is 11.7. The quantitative estimate of drug-likeness (QED) is 0.369. The lowest BCUT2D eigenvalue weighted by atomic mass is 9.77. The SMILES string of the molecule is NC(=NO)c1nccn1CC1Cc2ccccc21. The van der Waals surface area contributed by atoms with Crippen LogP contribution < -0.4 is 5.73 Å². The minimum absolute atomic E-state index is 0.0487. The average molecular weight is 242 g/mol. The molecule has 5 nitrogen and oxygen atoms in total. The predicted molar refractivity (Wildman–Crippen MR) is 67.6 cm³/mol. The van der Waals surface area contributed by atoms with E-state index in [1.54, 1.807) is 6.20 Å². The normalized spacial score (nSPS) is 18.2. The molecular formula is C13H14N4O. The molecule has 1 aliphatic rings. The van der Waals surface area contributed by atoms with Crippen LogP contribution in [-0.2, 0) is 13.0 Å². The van der Waals surface area contributed by atoms with Crippen LogP contribution in [0, 0.1) is 0 Å². The highest BCUT2D eigenvalue weighted by Crippen LogP contribution is 2.35. The van der Waals surface area contributed by atoms with Gasteiger partial charge in [0.2, 0.25) is 5.84 Å². The molecule has 1 aliphatic carbocycles. The summed E-state index contributed by atoms with van der Waals surface area (Å²) in [5.41, 5.74) is 8.38. The Labute approximate surface area is 105 Å². The van der Waals surface area contributed by atoms with Gasteiger partial charge in [-0.2, -0.15) is 0 Å². The summed E-state index contributed by atoms with van der Waals surface area (Å²) in [6.07, 6.45) is 4.59. The van der Waals surface area contributed by atoms with Crippen molar-refractivity contribution in [1.82, 2.24) is 9.55 Å². The fourth-order valence-electron chi connectivity index (χ4n) is 2.50. The summed E-state index contributed by atoms with van der Waals surface area (Å²) >= 11 is 0. The number of imidazole rings is 1. The van der Waals surface area contributed by atoms with Gasteiger partial charge in [-0.15, -0.1) is 0 Å². The molecule has 3 rings (SSSR count). The Kier molecular flexibility index (Phi) is 2.51. The number of nitrogens with zero attached hydrogens (tertiary/aromatic N) is 3. The summed E-state index contributed by atoms with van der Waals surface area (Å²) in [6, 6.07) is 8.44. The first-order chi connectivity index (χ1) is 8.79. The third kappa shape index (κ3) is 1.64. The molecule has 1 unspecified atom stereocenters. The van der Waals surface area contributed by atoms with E-state index in [-0.39, 0.29) is 5.84 Å². The maximum absolute atomic E-state index is 8.70. The van der Waals surface area contributed by atoms with Gasteiger partial charge in [0, 0.05) is 24.9 Å². The first-order valence-electron chi connectivity index (χ1n) is 5.86. The third-order valence-corrected chi connectivity index (χ3v) is 3.43. The minimum Gasteiger partial charge on any atom is -0.409 e. The molecule has 0 aliphatic heterocycles. The Hall–Kier alpha value is -2.30. The lowest BCUT2D eigenvalue weighted by Crippen LogP contribution is -2.25. The van der Waals surface area contributed by atoms with Gasteiger partial charge < -0.3 is 15.5 Å². The molecule has 0 bridgehead atoms. The number of aromatic nitrogens is 2. The molecule has 1 atom stereocenters. The van der Waals surface area contributed by atoms with Crippen LogP contribution in [-0.4, -0.2) is 20.6 Å². The van der Waals surface area contributed by atoms with Gasteiger partial charge in [0.1, 0.15) is 0 Å². The topological polar surface area (TPSA) is 76.4 Å². The second-order valence-corrected chi connectivity index (χ2v) is 4.49. The molecule has 0 radical (unpaired) electrons. The van der Waals surface area contributed by atoms with Crippen LogP contribution >= 0.6 is 0 Å². The number of nitrogens with two attached hydrogens (primary N) is 1. The van der Waals surface area contributed by atoms with E-state index in [4.69, 9.17) is 10.9 Å². The van der Waals surface area contributed by atoms with Crippen molar-refractivity contribution in [3.63, 3.8) is 0 Å². The summed E-state index contributed by atoms with van der Waals surface area (Å²) in [4.78, 5) is 4.10. The van der Waals surface area contributed by atoms with E-state index in [0.717, 1.165) is 13.0 Å². The summed E-state index contributed by atoms with van der Waals surface area (Å²) in [7, 11) is 0. The van der Waals surface area contributed by atoms with Crippen molar-refractivity contribution in [3.05, 3.63) is 53.6 Å². The standard InChI is InChI=1S/C13H14N4O/c14-12(16-18)13-15-5-6-17(13)8-10-7-9-3-1-2-4-11(9)10/h1-6,10,18H,7-8H2,(H2,14,16). The van der Waals surface area contributed by atoms with Crippen LogP contribution in [0.15, 0.2) is 41.8 Å². The molecule has 18 heavy (non-hydrogen) atoms. The second-order valence-electron chi connectivity index (χ2n) is 4.49. The van der Waals surface area contributed by atoms with Gasteiger partial charge in [-0.1, -0.05) is 29.4 Å². The molecule has 1 aromatic heterocycles. The van der Waals surface area contributed by atoms with E-state index >= 15 is 0 Å². The summed E-state index contributed by atoms with van der Waals surface area (Å²) < 4.78 is 1.93. The Bertz CT molecular complexity index is 603. The number of benzene rings is 1. The number of hydrogen-bond donors (Lipinski definition) is 2. The number of hydrogen-bond acceptors (Lipinski definition) is 3. The fourth-order valence-corrected chi connectivity index (χ4v) is 2.50. The lowest BCUT2D eigenvalue weighted by Gasteiger charge is -2.30. The average Bonchev–Trinajstić information content (AvgIpc) is 2.83. The second kappa shape index (κ2) is 4.18. The highest BCUT2D eigenvalue weighted by atomic mass is 16.4. The lowest BCUT2D eigenvalue weighted by molar-refractivity contribution is 0.318. The summed E-state index contributed by atoms with van der Waals surface area (Å²) in [5.74, 6) is 1.05. The van der Waals surface area contributed by atoms with Crippen LogP contribution in [0.5, 0.6) is 0 Å². The van der Waals surface area contributed by atoms with Crippen molar-refractivity contribution in [3.8, 4) is 0 Å². The number of rotatable bonds is 3. The highest BCUT2D eigenvalue weighted by molar-refractivity contribution is 5.93. The van der Waals surface area contributed by atoms with Crippen LogP contribution in [0.1, 0.15) is 22.9 Å². The molecule has 0 saturated carbocycles. The predicted octanol–water partition coefficient (Wildman–Crippen LogP) is 1.32.